The van der Waals surface area contributed by atoms with E-state index in [1.54, 1.807) is 0 Å². The molecule has 2 rings (SSSR count). The molecule has 1 saturated carbocycles. The van der Waals surface area contributed by atoms with E-state index < -0.39 is 0 Å². The van der Waals surface area contributed by atoms with Gasteiger partial charge in [0.05, 0.1) is 0 Å². The van der Waals surface area contributed by atoms with Crippen molar-refractivity contribution < 1.29 is 0 Å². The molecule has 1 aromatic heterocycles. The Morgan fingerprint density at radius 1 is 1.47 bits per heavy atom. The number of hydrogen-bond acceptors (Lipinski definition) is 2. The highest BCUT2D eigenvalue weighted by Crippen LogP contribution is 2.33. The highest BCUT2D eigenvalue weighted by atomic mass is 79.9. The van der Waals surface area contributed by atoms with Crippen molar-refractivity contribution in [3.8, 4) is 0 Å². The Hall–Kier alpha value is 0.140. The van der Waals surface area contributed by atoms with Crippen molar-refractivity contribution in [1.29, 1.82) is 0 Å². The average Bonchev–Trinajstić information content (AvgIpc) is 2.95. The molecule has 0 saturated heterocycles. The molecule has 0 aliphatic heterocycles. The largest absolute Gasteiger partial charge is 0.310 e. The number of halogens is 1. The Balaban J connectivity index is 1.87. The summed E-state index contributed by atoms with van der Waals surface area (Å²) in [5, 5.41) is 5.82. The van der Waals surface area contributed by atoms with Gasteiger partial charge in [-0.15, -0.1) is 11.3 Å². The second-order valence-corrected chi connectivity index (χ2v) is 6.86. The summed E-state index contributed by atoms with van der Waals surface area (Å²) in [7, 11) is 0. The molecule has 1 nitrogen and oxygen atoms in total. The molecule has 1 aromatic rings. The second kappa shape index (κ2) is 6.91. The Kier molecular flexibility index (Phi) is 5.51. The van der Waals surface area contributed by atoms with E-state index in [2.05, 4.69) is 39.6 Å². The van der Waals surface area contributed by atoms with Crippen molar-refractivity contribution in [3.05, 3.63) is 20.8 Å². The first-order chi connectivity index (χ1) is 8.29. The molecule has 1 unspecified atom stereocenters. The van der Waals surface area contributed by atoms with Gasteiger partial charge in [-0.1, -0.05) is 32.6 Å². The molecular formula is C14H22BrNS. The molecule has 1 atom stereocenters. The lowest BCUT2D eigenvalue weighted by atomic mass is 9.98. The first kappa shape index (κ1) is 13.6. The van der Waals surface area contributed by atoms with Crippen LogP contribution in [0.1, 0.15) is 56.4 Å². The Bertz CT molecular complexity index is 331. The van der Waals surface area contributed by atoms with E-state index in [1.807, 2.05) is 11.3 Å². The molecule has 1 heterocycles. The van der Waals surface area contributed by atoms with E-state index in [-0.39, 0.29) is 0 Å². The van der Waals surface area contributed by atoms with E-state index in [1.165, 1.54) is 47.9 Å². The Morgan fingerprint density at radius 2 is 2.24 bits per heavy atom. The van der Waals surface area contributed by atoms with Crippen LogP contribution in [0, 0.1) is 5.92 Å². The maximum absolute atomic E-state index is 3.63. The Morgan fingerprint density at radius 3 is 2.82 bits per heavy atom. The maximum Gasteiger partial charge on any atom is 0.0415 e. The molecule has 1 fully saturated rings. The number of rotatable bonds is 6. The maximum atomic E-state index is 3.63. The van der Waals surface area contributed by atoms with Crippen LogP contribution in [0.25, 0.3) is 0 Å². The summed E-state index contributed by atoms with van der Waals surface area (Å²) in [6, 6.07) is 2.84. The zero-order valence-electron chi connectivity index (χ0n) is 10.5. The lowest BCUT2D eigenvalue weighted by molar-refractivity contribution is 0.420. The topological polar surface area (TPSA) is 12.0 Å². The van der Waals surface area contributed by atoms with Crippen LogP contribution in [0.4, 0.5) is 0 Å². The SMILES string of the molecule is CCNC(CCC1CCCC1)c1cc(Br)cs1. The highest BCUT2D eigenvalue weighted by molar-refractivity contribution is 9.10. The zero-order chi connectivity index (χ0) is 12.1. The molecule has 0 spiro atoms. The monoisotopic (exact) mass is 315 g/mol. The van der Waals surface area contributed by atoms with Crippen LogP contribution in [0.15, 0.2) is 15.9 Å². The van der Waals surface area contributed by atoms with Gasteiger partial charge in [0.1, 0.15) is 0 Å². The average molecular weight is 316 g/mol. The van der Waals surface area contributed by atoms with Crippen molar-refractivity contribution in [2.24, 2.45) is 5.92 Å². The van der Waals surface area contributed by atoms with Crippen molar-refractivity contribution in [3.63, 3.8) is 0 Å². The van der Waals surface area contributed by atoms with E-state index in [0.29, 0.717) is 6.04 Å². The molecule has 17 heavy (non-hydrogen) atoms. The molecule has 0 bridgehead atoms. The molecule has 96 valence electrons. The zero-order valence-corrected chi connectivity index (χ0v) is 12.9. The predicted molar refractivity (Wildman–Crippen MR) is 79.6 cm³/mol. The third-order valence-electron chi connectivity index (χ3n) is 3.72. The summed E-state index contributed by atoms with van der Waals surface area (Å²) in [5.74, 6) is 1.000. The van der Waals surface area contributed by atoms with Gasteiger partial charge in [-0.05, 0) is 47.3 Å². The van der Waals surface area contributed by atoms with Gasteiger partial charge >= 0.3 is 0 Å². The van der Waals surface area contributed by atoms with Crippen LogP contribution >= 0.6 is 27.3 Å². The number of hydrogen-bond donors (Lipinski definition) is 1. The van der Waals surface area contributed by atoms with E-state index >= 15 is 0 Å². The fraction of sp³-hybridized carbons (Fsp3) is 0.714. The molecular weight excluding hydrogens is 294 g/mol. The fourth-order valence-corrected chi connectivity index (χ4v) is 4.36. The van der Waals surface area contributed by atoms with Crippen LogP contribution in [-0.2, 0) is 0 Å². The van der Waals surface area contributed by atoms with Crippen molar-refractivity contribution in [1.82, 2.24) is 5.32 Å². The van der Waals surface area contributed by atoms with Gasteiger partial charge in [0.15, 0.2) is 0 Å². The van der Waals surface area contributed by atoms with Crippen molar-refractivity contribution >= 4 is 27.3 Å². The standard InChI is InChI=1S/C14H22BrNS/c1-2-16-13(14-9-12(15)10-17-14)8-7-11-5-3-4-6-11/h9-11,13,16H,2-8H2,1H3. The molecule has 1 N–H and O–H groups in total. The van der Waals surface area contributed by atoms with Crippen molar-refractivity contribution in [2.75, 3.05) is 6.54 Å². The molecule has 0 radical (unpaired) electrons. The third-order valence-corrected chi connectivity index (χ3v) is 5.53. The molecule has 0 amide bonds. The van der Waals surface area contributed by atoms with Gasteiger partial charge in [0, 0.05) is 20.8 Å². The first-order valence-corrected chi connectivity index (χ1v) is 8.44. The van der Waals surface area contributed by atoms with Gasteiger partial charge in [-0.3, -0.25) is 0 Å². The summed E-state index contributed by atoms with van der Waals surface area (Å²) >= 11 is 5.42. The van der Waals surface area contributed by atoms with Gasteiger partial charge in [0.2, 0.25) is 0 Å². The van der Waals surface area contributed by atoms with Crippen LogP contribution in [0.2, 0.25) is 0 Å². The lowest BCUT2D eigenvalue weighted by Crippen LogP contribution is -2.20. The van der Waals surface area contributed by atoms with Crippen LogP contribution < -0.4 is 5.32 Å². The van der Waals surface area contributed by atoms with Crippen molar-refractivity contribution in [2.45, 2.75) is 51.5 Å². The summed E-state index contributed by atoms with van der Waals surface area (Å²) in [6.07, 6.45) is 8.54. The van der Waals surface area contributed by atoms with E-state index in [0.717, 1.165) is 12.5 Å². The normalized spacial score (nSPS) is 18.7. The summed E-state index contributed by atoms with van der Waals surface area (Å²) < 4.78 is 1.22. The van der Waals surface area contributed by atoms with E-state index in [9.17, 15) is 0 Å². The lowest BCUT2D eigenvalue weighted by Gasteiger charge is -2.18. The third kappa shape index (κ3) is 4.08. The smallest absolute Gasteiger partial charge is 0.0415 e. The van der Waals surface area contributed by atoms with Gasteiger partial charge in [-0.2, -0.15) is 0 Å². The number of nitrogens with one attached hydrogen (secondary N) is 1. The predicted octanol–water partition coefficient (Wildman–Crippen LogP) is 5.13. The first-order valence-electron chi connectivity index (χ1n) is 6.77. The highest BCUT2D eigenvalue weighted by Gasteiger charge is 2.18. The van der Waals surface area contributed by atoms with Gasteiger partial charge < -0.3 is 5.32 Å². The van der Waals surface area contributed by atoms with E-state index in [4.69, 9.17) is 0 Å². The van der Waals surface area contributed by atoms with Gasteiger partial charge in [0.25, 0.3) is 0 Å². The number of thiophene rings is 1. The quantitative estimate of drug-likeness (QED) is 0.767. The summed E-state index contributed by atoms with van der Waals surface area (Å²) in [5.41, 5.74) is 0. The fourth-order valence-electron chi connectivity index (χ4n) is 2.80. The second-order valence-electron chi connectivity index (χ2n) is 5.01. The molecule has 1 aliphatic rings. The molecule has 0 aromatic carbocycles. The van der Waals surface area contributed by atoms with Crippen LogP contribution in [0.3, 0.4) is 0 Å². The minimum Gasteiger partial charge on any atom is -0.310 e. The minimum absolute atomic E-state index is 0.567. The van der Waals surface area contributed by atoms with Gasteiger partial charge in [-0.25, -0.2) is 0 Å². The molecule has 1 aliphatic carbocycles. The Labute approximate surface area is 117 Å². The molecule has 3 heteroatoms. The minimum atomic E-state index is 0.567. The van der Waals surface area contributed by atoms with Crippen LogP contribution in [-0.4, -0.2) is 6.54 Å². The van der Waals surface area contributed by atoms with Crippen LogP contribution in [0.5, 0.6) is 0 Å². The summed E-state index contributed by atoms with van der Waals surface area (Å²) in [6.45, 7) is 3.26. The summed E-state index contributed by atoms with van der Waals surface area (Å²) in [4.78, 5) is 1.48.